The van der Waals surface area contributed by atoms with Crippen LogP contribution in [0.1, 0.15) is 0 Å². The molecule has 0 aliphatic heterocycles. The summed E-state index contributed by atoms with van der Waals surface area (Å²) in [7, 11) is 0. The maximum Gasteiger partial charge on any atom is 0.166 e. The number of benzene rings is 1. The Hall–Kier alpha value is -1.88. The van der Waals surface area contributed by atoms with Gasteiger partial charge in [0, 0.05) is 0 Å². The van der Waals surface area contributed by atoms with Gasteiger partial charge in [-0.05, 0) is 12.1 Å². The molecule has 82 valence electrons. The van der Waals surface area contributed by atoms with Crippen LogP contribution in [-0.2, 0) is 0 Å². The van der Waals surface area contributed by atoms with Gasteiger partial charge in [0.2, 0.25) is 0 Å². The summed E-state index contributed by atoms with van der Waals surface area (Å²) in [5.74, 6) is -0.249. The molecule has 0 radical (unpaired) electrons. The smallest absolute Gasteiger partial charge is 0.166 e. The van der Waals surface area contributed by atoms with Crippen LogP contribution in [0.25, 0.3) is 11.4 Å². The van der Waals surface area contributed by atoms with Gasteiger partial charge in [-0.25, -0.2) is 14.4 Å². The molecule has 0 aliphatic rings. The fourth-order valence-electron chi connectivity index (χ4n) is 1.25. The summed E-state index contributed by atoms with van der Waals surface area (Å²) >= 11 is 5.71. The molecule has 4 N–H and O–H groups in total. The van der Waals surface area contributed by atoms with Crippen molar-refractivity contribution in [1.29, 1.82) is 0 Å². The fraction of sp³-hybridized carbons (Fsp3) is 0. The van der Waals surface area contributed by atoms with Crippen molar-refractivity contribution in [2.45, 2.75) is 0 Å². The van der Waals surface area contributed by atoms with E-state index in [9.17, 15) is 4.39 Å². The molecule has 2 rings (SSSR count). The van der Waals surface area contributed by atoms with Crippen molar-refractivity contribution in [3.05, 3.63) is 35.1 Å². The number of anilines is 2. The quantitative estimate of drug-likeness (QED) is 0.798. The van der Waals surface area contributed by atoms with E-state index in [-0.39, 0.29) is 28.0 Å². The highest BCUT2D eigenvalue weighted by atomic mass is 35.5. The Balaban J connectivity index is 2.62. The predicted molar refractivity (Wildman–Crippen MR) is 61.3 cm³/mol. The van der Waals surface area contributed by atoms with Crippen LogP contribution in [0, 0.1) is 5.82 Å². The summed E-state index contributed by atoms with van der Waals surface area (Å²) in [5, 5.41) is 0.0834. The van der Waals surface area contributed by atoms with E-state index in [2.05, 4.69) is 9.97 Å². The zero-order valence-electron chi connectivity index (χ0n) is 8.11. The first-order chi connectivity index (χ1) is 7.59. The minimum Gasteiger partial charge on any atom is -0.382 e. The average Bonchev–Trinajstić information content (AvgIpc) is 2.26. The Labute approximate surface area is 96.1 Å². The highest BCUT2D eigenvalue weighted by Crippen LogP contribution is 2.27. The van der Waals surface area contributed by atoms with Crippen molar-refractivity contribution in [3.63, 3.8) is 0 Å². The Morgan fingerprint density at radius 2 is 1.62 bits per heavy atom. The maximum absolute atomic E-state index is 13.4. The van der Waals surface area contributed by atoms with Crippen LogP contribution in [0.5, 0.6) is 0 Å². The van der Waals surface area contributed by atoms with Crippen molar-refractivity contribution in [1.82, 2.24) is 9.97 Å². The second kappa shape index (κ2) is 3.94. The number of halogens is 2. The molecule has 0 spiro atoms. The van der Waals surface area contributed by atoms with Gasteiger partial charge >= 0.3 is 0 Å². The molecule has 1 aromatic carbocycles. The van der Waals surface area contributed by atoms with Crippen molar-refractivity contribution < 1.29 is 4.39 Å². The SMILES string of the molecule is Nc1nc(-c2ccccc2F)nc(N)c1Cl. The summed E-state index contributed by atoms with van der Waals surface area (Å²) in [5.41, 5.74) is 11.3. The molecule has 0 atom stereocenters. The zero-order chi connectivity index (χ0) is 11.7. The number of aromatic nitrogens is 2. The number of hydrogen-bond donors (Lipinski definition) is 2. The summed E-state index contributed by atoms with van der Waals surface area (Å²) in [6.45, 7) is 0. The van der Waals surface area contributed by atoms with E-state index < -0.39 is 5.82 Å². The average molecular weight is 239 g/mol. The second-order valence-electron chi connectivity index (χ2n) is 3.11. The molecule has 0 aliphatic carbocycles. The van der Waals surface area contributed by atoms with E-state index in [4.69, 9.17) is 23.1 Å². The summed E-state index contributed by atoms with van der Waals surface area (Å²) < 4.78 is 13.4. The van der Waals surface area contributed by atoms with Crippen molar-refractivity contribution in [2.24, 2.45) is 0 Å². The number of rotatable bonds is 1. The topological polar surface area (TPSA) is 77.8 Å². The number of nitrogens with two attached hydrogens (primary N) is 2. The van der Waals surface area contributed by atoms with E-state index >= 15 is 0 Å². The molecule has 0 unspecified atom stereocenters. The third-order valence-corrected chi connectivity index (χ3v) is 2.40. The van der Waals surface area contributed by atoms with Gasteiger partial charge in [-0.15, -0.1) is 0 Å². The van der Waals surface area contributed by atoms with Crippen LogP contribution >= 0.6 is 11.6 Å². The minimum atomic E-state index is -0.441. The van der Waals surface area contributed by atoms with E-state index in [1.54, 1.807) is 12.1 Å². The van der Waals surface area contributed by atoms with E-state index in [0.29, 0.717) is 0 Å². The monoisotopic (exact) mass is 238 g/mol. The molecule has 0 saturated heterocycles. The van der Waals surface area contributed by atoms with Crippen LogP contribution in [0.3, 0.4) is 0 Å². The van der Waals surface area contributed by atoms with E-state index in [1.165, 1.54) is 12.1 Å². The van der Waals surface area contributed by atoms with Crippen molar-refractivity contribution in [2.75, 3.05) is 11.5 Å². The lowest BCUT2D eigenvalue weighted by atomic mass is 10.2. The Morgan fingerprint density at radius 1 is 1.06 bits per heavy atom. The molecule has 0 amide bonds. The van der Waals surface area contributed by atoms with Crippen molar-refractivity contribution in [3.8, 4) is 11.4 Å². The number of hydrogen-bond acceptors (Lipinski definition) is 4. The van der Waals surface area contributed by atoms with Gasteiger partial charge in [-0.1, -0.05) is 23.7 Å². The molecular weight excluding hydrogens is 231 g/mol. The highest BCUT2D eigenvalue weighted by Gasteiger charge is 2.12. The van der Waals surface area contributed by atoms with Crippen LogP contribution < -0.4 is 11.5 Å². The highest BCUT2D eigenvalue weighted by molar-refractivity contribution is 6.35. The van der Waals surface area contributed by atoms with Crippen LogP contribution in [-0.4, -0.2) is 9.97 Å². The van der Waals surface area contributed by atoms with Gasteiger partial charge < -0.3 is 11.5 Å². The molecular formula is C10H8ClFN4. The molecule has 0 fully saturated rings. The molecule has 4 nitrogen and oxygen atoms in total. The molecule has 0 bridgehead atoms. The van der Waals surface area contributed by atoms with Gasteiger partial charge in [0.1, 0.15) is 22.5 Å². The first-order valence-electron chi connectivity index (χ1n) is 4.43. The van der Waals surface area contributed by atoms with Gasteiger partial charge in [-0.2, -0.15) is 0 Å². The van der Waals surface area contributed by atoms with E-state index in [1.807, 2.05) is 0 Å². The van der Waals surface area contributed by atoms with Gasteiger partial charge in [0.05, 0.1) is 5.56 Å². The zero-order valence-corrected chi connectivity index (χ0v) is 8.87. The first-order valence-corrected chi connectivity index (χ1v) is 4.81. The largest absolute Gasteiger partial charge is 0.382 e. The number of nitrogens with zero attached hydrogens (tertiary/aromatic N) is 2. The lowest BCUT2D eigenvalue weighted by Crippen LogP contribution is -2.02. The van der Waals surface area contributed by atoms with Crippen LogP contribution in [0.15, 0.2) is 24.3 Å². The molecule has 1 aromatic heterocycles. The third kappa shape index (κ3) is 1.77. The maximum atomic E-state index is 13.4. The Morgan fingerprint density at radius 3 is 2.19 bits per heavy atom. The van der Waals surface area contributed by atoms with Crippen LogP contribution in [0.2, 0.25) is 5.02 Å². The predicted octanol–water partition coefficient (Wildman–Crippen LogP) is 2.10. The summed E-state index contributed by atoms with van der Waals surface area (Å²) in [4.78, 5) is 7.76. The van der Waals surface area contributed by atoms with Gasteiger partial charge in [0.25, 0.3) is 0 Å². The first kappa shape index (κ1) is 10.6. The molecule has 0 saturated carbocycles. The second-order valence-corrected chi connectivity index (χ2v) is 3.49. The third-order valence-electron chi connectivity index (χ3n) is 2.02. The molecule has 2 aromatic rings. The standard InChI is InChI=1S/C10H8ClFN4/c11-7-8(13)15-10(16-9(7)14)5-3-1-2-4-6(5)12/h1-4H,(H4,13,14,15,16). The van der Waals surface area contributed by atoms with Gasteiger partial charge in [0.15, 0.2) is 5.82 Å². The lowest BCUT2D eigenvalue weighted by molar-refractivity contribution is 0.630. The molecule has 6 heteroatoms. The summed E-state index contributed by atoms with van der Waals surface area (Å²) in [6, 6.07) is 6.08. The molecule has 1 heterocycles. The fourth-order valence-corrected chi connectivity index (χ4v) is 1.33. The van der Waals surface area contributed by atoms with Crippen LogP contribution in [0.4, 0.5) is 16.0 Å². The molecule has 16 heavy (non-hydrogen) atoms. The normalized spacial score (nSPS) is 10.4. The van der Waals surface area contributed by atoms with Gasteiger partial charge in [-0.3, -0.25) is 0 Å². The minimum absolute atomic E-state index is 0.0346. The van der Waals surface area contributed by atoms with Crippen molar-refractivity contribution >= 4 is 23.2 Å². The van der Waals surface area contributed by atoms with E-state index in [0.717, 1.165) is 0 Å². The lowest BCUT2D eigenvalue weighted by Gasteiger charge is -2.05. The Bertz CT molecular complexity index is 521. The summed E-state index contributed by atoms with van der Waals surface area (Å²) in [6.07, 6.45) is 0. The number of nitrogen functional groups attached to an aromatic ring is 2. The Kier molecular flexibility index (Phi) is 2.62.